The quantitative estimate of drug-likeness (QED) is 0.578. The molecule has 1 aromatic heterocycles. The smallest absolute Gasteiger partial charge is 0.225 e. The van der Waals surface area contributed by atoms with Crippen molar-refractivity contribution in [3.63, 3.8) is 0 Å². The highest BCUT2D eigenvalue weighted by atomic mass is 127. The van der Waals surface area contributed by atoms with E-state index in [4.69, 9.17) is 0 Å². The second-order valence-electron chi connectivity index (χ2n) is 2.95. The predicted molar refractivity (Wildman–Crippen MR) is 56.4 cm³/mol. The Morgan fingerprint density at radius 2 is 2.15 bits per heavy atom. The molecule has 2 rings (SSSR count). The van der Waals surface area contributed by atoms with E-state index in [-0.39, 0.29) is 5.91 Å². The van der Waals surface area contributed by atoms with Gasteiger partial charge in [-0.15, -0.1) is 0 Å². The van der Waals surface area contributed by atoms with Gasteiger partial charge in [-0.3, -0.25) is 4.79 Å². The van der Waals surface area contributed by atoms with Gasteiger partial charge in [-0.25, -0.2) is 9.97 Å². The minimum Gasteiger partial charge on any atom is -0.310 e. The van der Waals surface area contributed by atoms with Crippen LogP contribution in [0.3, 0.4) is 0 Å². The zero-order chi connectivity index (χ0) is 9.42. The predicted octanol–water partition coefficient (Wildman–Crippen LogP) is 1.27. The van der Waals surface area contributed by atoms with Crippen LogP contribution < -0.4 is 5.32 Å². The summed E-state index contributed by atoms with van der Waals surface area (Å²) in [7, 11) is 0. The van der Waals surface area contributed by atoms with Crippen molar-refractivity contribution in [2.45, 2.75) is 19.8 Å². The van der Waals surface area contributed by atoms with E-state index in [2.05, 4.69) is 15.3 Å². The maximum Gasteiger partial charge on any atom is 0.225 e. The van der Waals surface area contributed by atoms with Gasteiger partial charge in [0.2, 0.25) is 5.91 Å². The highest BCUT2D eigenvalue weighted by Crippen LogP contribution is 2.22. The van der Waals surface area contributed by atoms with Crippen molar-refractivity contribution in [3.05, 3.63) is 15.1 Å². The van der Waals surface area contributed by atoms with E-state index in [1.54, 1.807) is 0 Å². The number of halogens is 1. The molecule has 68 valence electrons. The SMILES string of the molecule is Cc1nc(I)nc2c1CCC(=O)N2. The number of aromatic nitrogens is 2. The zero-order valence-corrected chi connectivity index (χ0v) is 9.25. The number of nitrogens with zero attached hydrogens (tertiary/aromatic N) is 2. The fourth-order valence-electron chi connectivity index (χ4n) is 1.40. The molecule has 0 unspecified atom stereocenters. The van der Waals surface area contributed by atoms with Gasteiger partial charge in [0.05, 0.1) is 0 Å². The molecule has 0 aliphatic carbocycles. The molecule has 4 nitrogen and oxygen atoms in total. The summed E-state index contributed by atoms with van der Waals surface area (Å²) >= 11 is 2.05. The Labute approximate surface area is 89.3 Å². The van der Waals surface area contributed by atoms with Crippen molar-refractivity contribution in [3.8, 4) is 0 Å². The molecule has 1 aromatic rings. The Balaban J connectivity index is 2.53. The Morgan fingerprint density at radius 1 is 1.38 bits per heavy atom. The first-order valence-electron chi connectivity index (χ1n) is 3.99. The van der Waals surface area contributed by atoms with Gasteiger partial charge in [0, 0.05) is 40.3 Å². The van der Waals surface area contributed by atoms with E-state index >= 15 is 0 Å². The first-order valence-corrected chi connectivity index (χ1v) is 5.07. The van der Waals surface area contributed by atoms with Gasteiger partial charge in [-0.05, 0) is 13.3 Å². The summed E-state index contributed by atoms with van der Waals surface area (Å²) in [6.45, 7) is 1.94. The molecule has 1 aliphatic heterocycles. The molecule has 1 N–H and O–H groups in total. The van der Waals surface area contributed by atoms with Crippen molar-refractivity contribution in [1.82, 2.24) is 9.97 Å². The average Bonchev–Trinajstić information content (AvgIpc) is 2.02. The molecule has 5 heteroatoms. The Morgan fingerprint density at radius 3 is 2.92 bits per heavy atom. The second kappa shape index (κ2) is 3.21. The van der Waals surface area contributed by atoms with Crippen LogP contribution in [0.15, 0.2) is 0 Å². The lowest BCUT2D eigenvalue weighted by Crippen LogP contribution is -2.22. The molecule has 0 aromatic carbocycles. The number of amides is 1. The van der Waals surface area contributed by atoms with E-state index in [1.165, 1.54) is 0 Å². The van der Waals surface area contributed by atoms with E-state index in [0.717, 1.165) is 17.7 Å². The van der Waals surface area contributed by atoms with Crippen molar-refractivity contribution >= 4 is 34.3 Å². The normalized spacial score (nSPS) is 15.1. The number of carbonyl (C=O) groups is 1. The molecule has 0 saturated carbocycles. The number of hydrogen-bond acceptors (Lipinski definition) is 3. The number of aryl methyl sites for hydroxylation is 1. The second-order valence-corrected chi connectivity index (χ2v) is 3.92. The van der Waals surface area contributed by atoms with Gasteiger partial charge >= 0.3 is 0 Å². The standard InChI is InChI=1S/C8H8IN3O/c1-4-5-2-3-6(13)11-7(5)12-8(9)10-4/h2-3H2,1H3,(H,10,11,12,13). The summed E-state index contributed by atoms with van der Waals surface area (Å²) in [6.07, 6.45) is 1.29. The van der Waals surface area contributed by atoms with E-state index < -0.39 is 0 Å². The van der Waals surface area contributed by atoms with Gasteiger partial charge in [0.15, 0.2) is 3.83 Å². The molecule has 0 spiro atoms. The van der Waals surface area contributed by atoms with E-state index in [9.17, 15) is 4.79 Å². The van der Waals surface area contributed by atoms with Crippen LogP contribution in [0.25, 0.3) is 0 Å². The summed E-state index contributed by atoms with van der Waals surface area (Å²) in [4.78, 5) is 19.5. The van der Waals surface area contributed by atoms with Crippen LogP contribution in [-0.4, -0.2) is 15.9 Å². The van der Waals surface area contributed by atoms with Gasteiger partial charge in [0.25, 0.3) is 0 Å². The lowest BCUT2D eigenvalue weighted by molar-refractivity contribution is -0.116. The van der Waals surface area contributed by atoms with Crippen LogP contribution in [0.2, 0.25) is 0 Å². The van der Waals surface area contributed by atoms with Crippen LogP contribution >= 0.6 is 22.6 Å². The lowest BCUT2D eigenvalue weighted by Gasteiger charge is -2.16. The Bertz CT molecular complexity index is 378. The molecule has 0 bridgehead atoms. The topological polar surface area (TPSA) is 54.9 Å². The van der Waals surface area contributed by atoms with Crippen molar-refractivity contribution in [1.29, 1.82) is 0 Å². The van der Waals surface area contributed by atoms with Crippen LogP contribution in [0.4, 0.5) is 5.82 Å². The minimum atomic E-state index is 0.0430. The third-order valence-corrected chi connectivity index (χ3v) is 2.53. The molecule has 0 saturated heterocycles. The highest BCUT2D eigenvalue weighted by molar-refractivity contribution is 14.1. The minimum absolute atomic E-state index is 0.0430. The molecule has 1 aliphatic rings. The number of hydrogen-bond donors (Lipinski definition) is 1. The lowest BCUT2D eigenvalue weighted by atomic mass is 10.1. The number of carbonyl (C=O) groups excluding carboxylic acids is 1. The Kier molecular flexibility index (Phi) is 2.19. The monoisotopic (exact) mass is 289 g/mol. The van der Waals surface area contributed by atoms with Gasteiger partial charge < -0.3 is 5.32 Å². The summed E-state index contributed by atoms with van der Waals surface area (Å²) < 4.78 is 0.677. The number of rotatable bonds is 0. The fraction of sp³-hybridized carbons (Fsp3) is 0.375. The zero-order valence-electron chi connectivity index (χ0n) is 7.09. The molecular formula is C8H8IN3O. The molecule has 0 atom stereocenters. The van der Waals surface area contributed by atoms with Gasteiger partial charge in [-0.2, -0.15) is 0 Å². The third-order valence-electron chi connectivity index (χ3n) is 2.05. The third kappa shape index (κ3) is 1.65. The van der Waals surface area contributed by atoms with Crippen LogP contribution in [0.1, 0.15) is 17.7 Å². The Hall–Kier alpha value is -0.720. The fourth-order valence-corrected chi connectivity index (χ4v) is 2.00. The molecule has 0 radical (unpaired) electrons. The highest BCUT2D eigenvalue weighted by Gasteiger charge is 2.18. The maximum atomic E-state index is 11.1. The van der Waals surface area contributed by atoms with Gasteiger partial charge in [0.1, 0.15) is 5.82 Å². The molecule has 13 heavy (non-hydrogen) atoms. The first kappa shape index (κ1) is 8.86. The maximum absolute atomic E-state index is 11.1. The van der Waals surface area contributed by atoms with E-state index in [0.29, 0.717) is 16.1 Å². The summed E-state index contributed by atoms with van der Waals surface area (Å²) in [6, 6.07) is 0. The summed E-state index contributed by atoms with van der Waals surface area (Å²) in [5.74, 6) is 0.731. The first-order chi connectivity index (χ1) is 6.16. The van der Waals surface area contributed by atoms with Crippen molar-refractivity contribution in [2.75, 3.05) is 5.32 Å². The van der Waals surface area contributed by atoms with Crippen molar-refractivity contribution < 1.29 is 4.79 Å². The average molecular weight is 289 g/mol. The molecule has 1 amide bonds. The van der Waals surface area contributed by atoms with Crippen LogP contribution in [0, 0.1) is 10.8 Å². The summed E-state index contributed by atoms with van der Waals surface area (Å²) in [5, 5.41) is 2.75. The van der Waals surface area contributed by atoms with Crippen LogP contribution in [-0.2, 0) is 11.2 Å². The van der Waals surface area contributed by atoms with E-state index in [1.807, 2.05) is 29.5 Å². The largest absolute Gasteiger partial charge is 0.310 e. The number of nitrogens with one attached hydrogen (secondary N) is 1. The molecule has 2 heterocycles. The summed E-state index contributed by atoms with van der Waals surface area (Å²) in [5.41, 5.74) is 2.04. The van der Waals surface area contributed by atoms with Gasteiger partial charge in [-0.1, -0.05) is 0 Å². The number of anilines is 1. The van der Waals surface area contributed by atoms with Crippen LogP contribution in [0.5, 0.6) is 0 Å². The molecule has 0 fully saturated rings. The number of fused-ring (bicyclic) bond motifs is 1. The van der Waals surface area contributed by atoms with Crippen molar-refractivity contribution in [2.24, 2.45) is 0 Å². The molecular weight excluding hydrogens is 281 g/mol.